The second-order valence-corrected chi connectivity index (χ2v) is 6.16. The van der Waals surface area contributed by atoms with Gasteiger partial charge in [-0.25, -0.2) is 4.39 Å². The predicted molar refractivity (Wildman–Crippen MR) is 83.0 cm³/mol. The first kappa shape index (κ1) is 15.1. The van der Waals surface area contributed by atoms with E-state index in [-0.39, 0.29) is 23.4 Å². The Kier molecular flexibility index (Phi) is 3.68. The van der Waals surface area contributed by atoms with Gasteiger partial charge in [0.25, 0.3) is 6.01 Å². The summed E-state index contributed by atoms with van der Waals surface area (Å²) in [6.07, 6.45) is 0.830. The Morgan fingerprint density at radius 2 is 2.21 bits per heavy atom. The molecule has 2 heterocycles. The molecule has 7 nitrogen and oxygen atoms in total. The Labute approximate surface area is 136 Å². The van der Waals surface area contributed by atoms with Crippen molar-refractivity contribution >= 4 is 17.1 Å². The molecule has 1 fully saturated rings. The fourth-order valence-corrected chi connectivity index (χ4v) is 3.21. The SMILES string of the molecule is Cc1noc([C@H]2C[C@H](CNc3nc4c(F)cccc4o3)[C@H](O)C2)n1. The number of anilines is 1. The number of halogens is 1. The van der Waals surface area contributed by atoms with Gasteiger partial charge >= 0.3 is 0 Å². The summed E-state index contributed by atoms with van der Waals surface area (Å²) in [5.74, 6) is 0.792. The number of hydrogen-bond donors (Lipinski definition) is 2. The van der Waals surface area contributed by atoms with E-state index in [1.807, 2.05) is 0 Å². The highest BCUT2D eigenvalue weighted by atomic mass is 19.1. The largest absolute Gasteiger partial charge is 0.423 e. The fourth-order valence-electron chi connectivity index (χ4n) is 3.21. The third-order valence-electron chi connectivity index (χ3n) is 4.44. The monoisotopic (exact) mass is 332 g/mol. The molecule has 1 aromatic carbocycles. The number of rotatable bonds is 4. The van der Waals surface area contributed by atoms with Crippen molar-refractivity contribution < 1.29 is 18.4 Å². The first-order valence-corrected chi connectivity index (χ1v) is 7.87. The van der Waals surface area contributed by atoms with Crippen LogP contribution < -0.4 is 5.32 Å². The van der Waals surface area contributed by atoms with Gasteiger partial charge in [-0.05, 0) is 31.9 Å². The number of nitrogens with one attached hydrogen (secondary N) is 1. The minimum Gasteiger partial charge on any atom is -0.423 e. The number of aromatic nitrogens is 3. The minimum atomic E-state index is -0.476. The zero-order valence-corrected chi connectivity index (χ0v) is 13.1. The summed E-state index contributed by atoms with van der Waals surface area (Å²) < 4.78 is 24.3. The highest BCUT2D eigenvalue weighted by Gasteiger charge is 2.36. The average Bonchev–Trinajstić information content (AvgIpc) is 3.24. The molecule has 1 aliphatic rings. The summed E-state index contributed by atoms with van der Waals surface area (Å²) in [5, 5.41) is 17.1. The van der Waals surface area contributed by atoms with Gasteiger partial charge in [-0.1, -0.05) is 11.2 Å². The minimum absolute atomic E-state index is 0.00191. The van der Waals surface area contributed by atoms with E-state index in [0.717, 1.165) is 6.42 Å². The molecule has 1 saturated carbocycles. The van der Waals surface area contributed by atoms with Crippen LogP contribution in [0.3, 0.4) is 0 Å². The molecule has 0 amide bonds. The van der Waals surface area contributed by atoms with E-state index >= 15 is 0 Å². The number of aliphatic hydroxyl groups excluding tert-OH is 1. The lowest BCUT2D eigenvalue weighted by Gasteiger charge is -2.13. The van der Waals surface area contributed by atoms with Crippen LogP contribution in [0.4, 0.5) is 10.4 Å². The number of oxazole rings is 1. The summed E-state index contributed by atoms with van der Waals surface area (Å²) >= 11 is 0. The first-order chi connectivity index (χ1) is 11.6. The number of para-hydroxylation sites is 1. The van der Waals surface area contributed by atoms with E-state index < -0.39 is 11.9 Å². The average molecular weight is 332 g/mol. The lowest BCUT2D eigenvalue weighted by atomic mass is 10.0. The molecule has 2 N–H and O–H groups in total. The van der Waals surface area contributed by atoms with Gasteiger partial charge in [-0.15, -0.1) is 0 Å². The Hall–Kier alpha value is -2.48. The number of fused-ring (bicyclic) bond motifs is 1. The fraction of sp³-hybridized carbons (Fsp3) is 0.438. The Bertz CT molecular complexity index is 862. The maximum absolute atomic E-state index is 13.6. The van der Waals surface area contributed by atoms with Gasteiger partial charge in [0.15, 0.2) is 17.2 Å². The van der Waals surface area contributed by atoms with Crippen LogP contribution in [0.15, 0.2) is 27.1 Å². The summed E-state index contributed by atoms with van der Waals surface area (Å²) in [5.41, 5.74) is 0.592. The van der Waals surface area contributed by atoms with Crippen molar-refractivity contribution in [3.05, 3.63) is 35.7 Å². The molecule has 0 radical (unpaired) electrons. The van der Waals surface area contributed by atoms with Gasteiger partial charge in [0.2, 0.25) is 5.89 Å². The molecule has 3 atom stereocenters. The molecule has 0 saturated heterocycles. The predicted octanol–water partition coefficient (Wildman–Crippen LogP) is 2.62. The van der Waals surface area contributed by atoms with Crippen molar-refractivity contribution in [2.45, 2.75) is 31.8 Å². The van der Waals surface area contributed by atoms with Crippen LogP contribution in [0.5, 0.6) is 0 Å². The van der Waals surface area contributed by atoms with E-state index in [2.05, 4.69) is 20.4 Å². The summed E-state index contributed by atoms with van der Waals surface area (Å²) in [7, 11) is 0. The maximum Gasteiger partial charge on any atom is 0.295 e. The molecular formula is C16H17FN4O3. The first-order valence-electron chi connectivity index (χ1n) is 7.87. The van der Waals surface area contributed by atoms with E-state index in [0.29, 0.717) is 30.3 Å². The molecule has 2 aromatic heterocycles. The second-order valence-electron chi connectivity index (χ2n) is 6.16. The summed E-state index contributed by atoms with van der Waals surface area (Å²) in [6.45, 7) is 2.24. The molecule has 3 aromatic rings. The van der Waals surface area contributed by atoms with Gasteiger partial charge in [-0.3, -0.25) is 0 Å². The van der Waals surface area contributed by atoms with E-state index in [9.17, 15) is 9.50 Å². The van der Waals surface area contributed by atoms with Crippen molar-refractivity contribution in [2.24, 2.45) is 5.92 Å². The molecule has 0 bridgehead atoms. The summed E-state index contributed by atoms with van der Waals surface area (Å²) in [4.78, 5) is 8.34. The molecule has 8 heteroatoms. The Balaban J connectivity index is 1.42. The standard InChI is InChI=1S/C16H17FN4O3/c1-8-19-15(24-21-8)9-5-10(12(22)6-9)7-18-16-20-14-11(17)3-2-4-13(14)23-16/h2-4,9-10,12,22H,5-7H2,1H3,(H,18,20)/t9-,10+,12+/m0/s1. The van der Waals surface area contributed by atoms with E-state index in [4.69, 9.17) is 8.94 Å². The van der Waals surface area contributed by atoms with Crippen molar-refractivity contribution in [3.8, 4) is 0 Å². The van der Waals surface area contributed by atoms with Crippen LogP contribution in [0.1, 0.15) is 30.5 Å². The van der Waals surface area contributed by atoms with Gasteiger partial charge in [0, 0.05) is 18.4 Å². The highest BCUT2D eigenvalue weighted by molar-refractivity contribution is 5.74. The van der Waals surface area contributed by atoms with Crippen LogP contribution in [0.2, 0.25) is 0 Å². The van der Waals surface area contributed by atoms with Crippen LogP contribution in [0, 0.1) is 18.7 Å². The third kappa shape index (κ3) is 2.73. The second kappa shape index (κ2) is 5.86. The number of nitrogens with zero attached hydrogens (tertiary/aromatic N) is 3. The zero-order chi connectivity index (χ0) is 16.7. The van der Waals surface area contributed by atoms with Gasteiger partial charge in [-0.2, -0.15) is 9.97 Å². The summed E-state index contributed by atoms with van der Waals surface area (Å²) in [6, 6.07) is 4.82. The van der Waals surface area contributed by atoms with Crippen LogP contribution >= 0.6 is 0 Å². The number of hydrogen-bond acceptors (Lipinski definition) is 7. The van der Waals surface area contributed by atoms with Gasteiger partial charge < -0.3 is 19.4 Å². The topological polar surface area (TPSA) is 97.2 Å². The van der Waals surface area contributed by atoms with Crippen molar-refractivity contribution in [2.75, 3.05) is 11.9 Å². The molecule has 1 aliphatic carbocycles. The van der Waals surface area contributed by atoms with Crippen molar-refractivity contribution in [3.63, 3.8) is 0 Å². The van der Waals surface area contributed by atoms with E-state index in [1.165, 1.54) is 6.07 Å². The lowest BCUT2D eigenvalue weighted by molar-refractivity contribution is 0.137. The highest BCUT2D eigenvalue weighted by Crippen LogP contribution is 2.38. The molecule has 0 unspecified atom stereocenters. The smallest absolute Gasteiger partial charge is 0.295 e. The zero-order valence-electron chi connectivity index (χ0n) is 13.1. The lowest BCUT2D eigenvalue weighted by Crippen LogP contribution is -2.21. The van der Waals surface area contributed by atoms with Gasteiger partial charge in [0.05, 0.1) is 6.10 Å². The van der Waals surface area contributed by atoms with Crippen molar-refractivity contribution in [1.82, 2.24) is 15.1 Å². The molecular weight excluding hydrogens is 315 g/mol. The number of aryl methyl sites for hydroxylation is 1. The van der Waals surface area contributed by atoms with Crippen LogP contribution in [-0.2, 0) is 0 Å². The van der Waals surface area contributed by atoms with E-state index in [1.54, 1.807) is 19.1 Å². The molecule has 126 valence electrons. The van der Waals surface area contributed by atoms with Gasteiger partial charge in [0.1, 0.15) is 5.52 Å². The molecule has 0 spiro atoms. The Morgan fingerprint density at radius 3 is 2.96 bits per heavy atom. The Morgan fingerprint density at radius 1 is 1.33 bits per heavy atom. The molecule has 4 rings (SSSR count). The maximum atomic E-state index is 13.6. The van der Waals surface area contributed by atoms with Crippen LogP contribution in [-0.4, -0.2) is 32.9 Å². The van der Waals surface area contributed by atoms with Crippen LogP contribution in [0.25, 0.3) is 11.1 Å². The third-order valence-corrected chi connectivity index (χ3v) is 4.44. The normalized spacial score (nSPS) is 23.9. The molecule has 0 aliphatic heterocycles. The quantitative estimate of drug-likeness (QED) is 0.758. The number of aliphatic hydroxyl groups is 1. The number of benzene rings is 1. The molecule has 24 heavy (non-hydrogen) atoms. The van der Waals surface area contributed by atoms with Crippen molar-refractivity contribution in [1.29, 1.82) is 0 Å².